The molecule has 0 saturated carbocycles. The first-order valence-corrected chi connectivity index (χ1v) is 3.97. The maximum atomic E-state index is 13.1. The van der Waals surface area contributed by atoms with Crippen LogP contribution in [0.25, 0.3) is 0 Å². The predicted octanol–water partition coefficient (Wildman–Crippen LogP) is 2.51. The molecular formula is C9H6F4O3. The van der Waals surface area contributed by atoms with Crippen molar-refractivity contribution >= 4 is 5.97 Å². The molecule has 0 aliphatic carbocycles. The van der Waals surface area contributed by atoms with Crippen LogP contribution in [0.1, 0.15) is 10.4 Å². The van der Waals surface area contributed by atoms with E-state index in [9.17, 15) is 22.4 Å². The molecule has 0 N–H and O–H groups in total. The molecule has 1 rings (SSSR count). The summed E-state index contributed by atoms with van der Waals surface area (Å²) in [5, 5.41) is 0. The number of alkyl halides is 3. The second kappa shape index (κ2) is 4.38. The molecule has 3 nitrogen and oxygen atoms in total. The van der Waals surface area contributed by atoms with E-state index in [2.05, 4.69) is 9.47 Å². The Morgan fingerprint density at radius 2 is 1.94 bits per heavy atom. The van der Waals surface area contributed by atoms with Crippen LogP contribution in [0.4, 0.5) is 17.6 Å². The summed E-state index contributed by atoms with van der Waals surface area (Å²) in [5.41, 5.74) is -0.887. The minimum absolute atomic E-state index is 0.822. The SMILES string of the molecule is COC(=O)c1c(F)cccc1OC(F)(F)F. The number of halogens is 4. The third-order valence-corrected chi connectivity index (χ3v) is 1.59. The van der Waals surface area contributed by atoms with Crippen molar-refractivity contribution in [3.63, 3.8) is 0 Å². The monoisotopic (exact) mass is 238 g/mol. The Hall–Kier alpha value is -1.79. The molecule has 0 saturated heterocycles. The van der Waals surface area contributed by atoms with Crippen LogP contribution in [-0.4, -0.2) is 19.4 Å². The number of ether oxygens (including phenoxy) is 2. The molecule has 1 aromatic carbocycles. The van der Waals surface area contributed by atoms with Gasteiger partial charge < -0.3 is 9.47 Å². The largest absolute Gasteiger partial charge is 0.573 e. The first-order chi connectivity index (χ1) is 7.35. The summed E-state index contributed by atoms with van der Waals surface area (Å²) in [6.07, 6.45) is -5.00. The Balaban J connectivity index is 3.18. The van der Waals surface area contributed by atoms with Crippen molar-refractivity contribution in [3.05, 3.63) is 29.6 Å². The van der Waals surface area contributed by atoms with E-state index in [1.54, 1.807) is 0 Å². The van der Waals surface area contributed by atoms with Crippen LogP contribution in [-0.2, 0) is 4.74 Å². The summed E-state index contributed by atoms with van der Waals surface area (Å²) < 4.78 is 56.5. The van der Waals surface area contributed by atoms with E-state index in [0.717, 1.165) is 25.3 Å². The van der Waals surface area contributed by atoms with Gasteiger partial charge in [-0.1, -0.05) is 6.07 Å². The van der Waals surface area contributed by atoms with Crippen LogP contribution in [0, 0.1) is 5.82 Å². The highest BCUT2D eigenvalue weighted by Crippen LogP contribution is 2.28. The zero-order valence-corrected chi connectivity index (χ0v) is 7.97. The molecule has 0 aliphatic heterocycles. The Bertz CT molecular complexity index is 400. The number of rotatable bonds is 2. The van der Waals surface area contributed by atoms with Gasteiger partial charge in [-0.05, 0) is 12.1 Å². The second-order valence-electron chi connectivity index (χ2n) is 2.65. The summed E-state index contributed by atoms with van der Waals surface area (Å²) in [7, 11) is 0.923. The van der Waals surface area contributed by atoms with E-state index in [0.29, 0.717) is 0 Å². The quantitative estimate of drug-likeness (QED) is 0.586. The molecule has 16 heavy (non-hydrogen) atoms. The zero-order valence-electron chi connectivity index (χ0n) is 7.97. The lowest BCUT2D eigenvalue weighted by Crippen LogP contribution is -2.20. The Kier molecular flexibility index (Phi) is 3.36. The molecule has 0 unspecified atom stereocenters. The van der Waals surface area contributed by atoms with Crippen molar-refractivity contribution in [1.82, 2.24) is 0 Å². The van der Waals surface area contributed by atoms with Crippen molar-refractivity contribution in [2.75, 3.05) is 7.11 Å². The van der Waals surface area contributed by atoms with Crippen LogP contribution in [0.3, 0.4) is 0 Å². The van der Waals surface area contributed by atoms with Gasteiger partial charge in [0, 0.05) is 0 Å². The fourth-order valence-electron chi connectivity index (χ4n) is 1.01. The van der Waals surface area contributed by atoms with Gasteiger partial charge in [0.1, 0.15) is 17.1 Å². The van der Waals surface area contributed by atoms with Crippen LogP contribution >= 0.6 is 0 Å². The number of benzene rings is 1. The number of methoxy groups -OCH3 is 1. The maximum absolute atomic E-state index is 13.1. The molecule has 0 heterocycles. The second-order valence-corrected chi connectivity index (χ2v) is 2.65. The van der Waals surface area contributed by atoms with Crippen molar-refractivity contribution < 1.29 is 31.8 Å². The highest BCUT2D eigenvalue weighted by Gasteiger charge is 2.34. The summed E-state index contributed by atoms with van der Waals surface area (Å²) in [5.74, 6) is -3.31. The van der Waals surface area contributed by atoms with E-state index >= 15 is 0 Å². The first-order valence-electron chi connectivity index (χ1n) is 3.97. The van der Waals surface area contributed by atoms with Crippen LogP contribution in [0.5, 0.6) is 5.75 Å². The van der Waals surface area contributed by atoms with Gasteiger partial charge in [0.2, 0.25) is 0 Å². The number of carbonyl (C=O) groups excluding carboxylic acids is 1. The standard InChI is InChI=1S/C9H6F4O3/c1-15-8(14)7-5(10)3-2-4-6(7)16-9(11,12)13/h2-4H,1H3. The van der Waals surface area contributed by atoms with Gasteiger partial charge in [-0.2, -0.15) is 0 Å². The fraction of sp³-hybridized carbons (Fsp3) is 0.222. The van der Waals surface area contributed by atoms with Gasteiger partial charge in [-0.25, -0.2) is 9.18 Å². The van der Waals surface area contributed by atoms with Crippen molar-refractivity contribution in [2.45, 2.75) is 6.36 Å². The minimum Gasteiger partial charge on any atom is -0.465 e. The lowest BCUT2D eigenvalue weighted by Gasteiger charge is -2.12. The van der Waals surface area contributed by atoms with E-state index in [4.69, 9.17) is 0 Å². The number of esters is 1. The molecular weight excluding hydrogens is 232 g/mol. The summed E-state index contributed by atoms with van der Waals surface area (Å²) in [6.45, 7) is 0. The maximum Gasteiger partial charge on any atom is 0.573 e. The Labute approximate surface area is 87.6 Å². The fourth-order valence-corrected chi connectivity index (χ4v) is 1.01. The summed E-state index contributed by atoms with van der Waals surface area (Å²) in [6, 6.07) is 2.64. The normalized spacial score (nSPS) is 11.1. The molecule has 88 valence electrons. The first kappa shape index (κ1) is 12.3. The molecule has 0 fully saturated rings. The lowest BCUT2D eigenvalue weighted by molar-refractivity contribution is -0.274. The average molecular weight is 238 g/mol. The smallest absolute Gasteiger partial charge is 0.465 e. The summed E-state index contributed by atoms with van der Waals surface area (Å²) >= 11 is 0. The van der Waals surface area contributed by atoms with Crippen molar-refractivity contribution in [3.8, 4) is 5.75 Å². The van der Waals surface area contributed by atoms with Crippen molar-refractivity contribution in [1.29, 1.82) is 0 Å². The van der Waals surface area contributed by atoms with Gasteiger partial charge >= 0.3 is 12.3 Å². The topological polar surface area (TPSA) is 35.5 Å². The molecule has 0 bridgehead atoms. The number of carbonyl (C=O) groups is 1. The highest BCUT2D eigenvalue weighted by molar-refractivity contribution is 5.92. The highest BCUT2D eigenvalue weighted by atomic mass is 19.4. The molecule has 0 aliphatic rings. The van der Waals surface area contributed by atoms with Gasteiger partial charge in [-0.3, -0.25) is 0 Å². The average Bonchev–Trinajstić information content (AvgIpc) is 2.14. The molecule has 1 aromatic rings. The number of hydrogen-bond donors (Lipinski definition) is 0. The molecule has 0 atom stereocenters. The third-order valence-electron chi connectivity index (χ3n) is 1.59. The van der Waals surface area contributed by atoms with Gasteiger partial charge in [0.15, 0.2) is 0 Å². The molecule has 0 aromatic heterocycles. The predicted molar refractivity (Wildman–Crippen MR) is 44.4 cm³/mol. The zero-order chi connectivity index (χ0) is 12.3. The van der Waals surface area contributed by atoms with Crippen LogP contribution in [0.2, 0.25) is 0 Å². The molecule has 7 heteroatoms. The summed E-state index contributed by atoms with van der Waals surface area (Å²) in [4.78, 5) is 11.0. The Morgan fingerprint density at radius 3 is 2.44 bits per heavy atom. The Morgan fingerprint density at radius 1 is 1.31 bits per heavy atom. The van der Waals surface area contributed by atoms with E-state index in [1.807, 2.05) is 0 Å². The van der Waals surface area contributed by atoms with E-state index < -0.39 is 29.5 Å². The minimum atomic E-state index is -5.00. The number of hydrogen-bond acceptors (Lipinski definition) is 3. The van der Waals surface area contributed by atoms with Gasteiger partial charge in [0.05, 0.1) is 7.11 Å². The lowest BCUT2D eigenvalue weighted by atomic mass is 10.2. The van der Waals surface area contributed by atoms with E-state index in [1.165, 1.54) is 0 Å². The molecule has 0 radical (unpaired) electrons. The molecule has 0 amide bonds. The third kappa shape index (κ3) is 2.85. The van der Waals surface area contributed by atoms with E-state index in [-0.39, 0.29) is 0 Å². The van der Waals surface area contributed by atoms with Crippen LogP contribution < -0.4 is 4.74 Å². The van der Waals surface area contributed by atoms with Gasteiger partial charge in [0.25, 0.3) is 0 Å². The van der Waals surface area contributed by atoms with Crippen LogP contribution in [0.15, 0.2) is 18.2 Å². The molecule has 0 spiro atoms. The van der Waals surface area contributed by atoms with Gasteiger partial charge in [-0.15, -0.1) is 13.2 Å². The van der Waals surface area contributed by atoms with Crippen molar-refractivity contribution in [2.24, 2.45) is 0 Å².